The number of hydrogen-bond acceptors (Lipinski definition) is 3. The number of piperidine rings is 1. The molecule has 2 N–H and O–H groups in total. The fourth-order valence-electron chi connectivity index (χ4n) is 2.18. The molecule has 1 saturated heterocycles. The van der Waals surface area contributed by atoms with Crippen molar-refractivity contribution in [1.82, 2.24) is 10.2 Å². The lowest BCUT2D eigenvalue weighted by molar-refractivity contribution is -0.141. The molecule has 0 radical (unpaired) electrons. The van der Waals surface area contributed by atoms with Gasteiger partial charge >= 0.3 is 5.97 Å². The zero-order chi connectivity index (χ0) is 12.1. The summed E-state index contributed by atoms with van der Waals surface area (Å²) < 4.78 is 0. The SMILES string of the molecule is CC(NCC1CCCN(C)C1)C(C)C(=O)O. The molecule has 0 aliphatic carbocycles. The smallest absolute Gasteiger partial charge is 0.307 e. The summed E-state index contributed by atoms with van der Waals surface area (Å²) >= 11 is 0. The van der Waals surface area contributed by atoms with Gasteiger partial charge in [-0.3, -0.25) is 4.79 Å². The Balaban J connectivity index is 2.25. The second-order valence-electron chi connectivity index (χ2n) is 5.09. The highest BCUT2D eigenvalue weighted by atomic mass is 16.4. The molecule has 4 heteroatoms. The summed E-state index contributed by atoms with van der Waals surface area (Å²) in [5.41, 5.74) is 0. The van der Waals surface area contributed by atoms with Crippen LogP contribution < -0.4 is 5.32 Å². The Morgan fingerprint density at radius 2 is 2.25 bits per heavy atom. The summed E-state index contributed by atoms with van der Waals surface area (Å²) in [7, 11) is 2.15. The summed E-state index contributed by atoms with van der Waals surface area (Å²) in [5, 5.41) is 12.2. The van der Waals surface area contributed by atoms with E-state index in [2.05, 4.69) is 17.3 Å². The van der Waals surface area contributed by atoms with Crippen LogP contribution in [-0.4, -0.2) is 48.7 Å². The lowest BCUT2D eigenvalue weighted by atomic mass is 9.97. The van der Waals surface area contributed by atoms with Gasteiger partial charge in [-0.25, -0.2) is 0 Å². The van der Waals surface area contributed by atoms with Crippen molar-refractivity contribution in [2.24, 2.45) is 11.8 Å². The summed E-state index contributed by atoms with van der Waals surface area (Å²) in [5.74, 6) is -0.371. The molecule has 0 amide bonds. The Morgan fingerprint density at radius 1 is 1.56 bits per heavy atom. The average molecular weight is 228 g/mol. The van der Waals surface area contributed by atoms with Crippen LogP contribution in [0.15, 0.2) is 0 Å². The summed E-state index contributed by atoms with van der Waals surface area (Å²) in [6.07, 6.45) is 2.51. The maximum Gasteiger partial charge on any atom is 0.307 e. The Hall–Kier alpha value is -0.610. The van der Waals surface area contributed by atoms with Gasteiger partial charge in [-0.2, -0.15) is 0 Å². The molecule has 1 aliphatic rings. The third kappa shape index (κ3) is 4.10. The molecule has 94 valence electrons. The summed E-state index contributed by atoms with van der Waals surface area (Å²) in [4.78, 5) is 13.1. The van der Waals surface area contributed by atoms with E-state index in [1.54, 1.807) is 6.92 Å². The van der Waals surface area contributed by atoms with E-state index in [4.69, 9.17) is 5.11 Å². The summed E-state index contributed by atoms with van der Waals surface area (Å²) in [6.45, 7) is 6.96. The first kappa shape index (κ1) is 13.5. The molecule has 0 aromatic carbocycles. The summed E-state index contributed by atoms with van der Waals surface area (Å²) in [6, 6.07) is 0.0460. The topological polar surface area (TPSA) is 52.6 Å². The Morgan fingerprint density at radius 3 is 2.81 bits per heavy atom. The van der Waals surface area contributed by atoms with Gasteiger partial charge in [0, 0.05) is 12.6 Å². The maximum absolute atomic E-state index is 10.8. The molecule has 16 heavy (non-hydrogen) atoms. The van der Waals surface area contributed by atoms with Crippen LogP contribution in [0.2, 0.25) is 0 Å². The predicted octanol–water partition coefficient (Wildman–Crippen LogP) is 1.03. The van der Waals surface area contributed by atoms with Crippen LogP contribution in [0.25, 0.3) is 0 Å². The number of nitrogens with one attached hydrogen (secondary N) is 1. The van der Waals surface area contributed by atoms with E-state index in [0.717, 1.165) is 13.1 Å². The molecule has 0 saturated carbocycles. The quantitative estimate of drug-likeness (QED) is 0.738. The molecular weight excluding hydrogens is 204 g/mol. The van der Waals surface area contributed by atoms with Crippen molar-refractivity contribution in [1.29, 1.82) is 0 Å². The molecule has 1 rings (SSSR count). The number of rotatable bonds is 5. The number of carboxylic acids is 1. The van der Waals surface area contributed by atoms with Gasteiger partial charge in [-0.05, 0) is 45.8 Å². The normalized spacial score (nSPS) is 26.3. The van der Waals surface area contributed by atoms with Gasteiger partial charge in [-0.15, -0.1) is 0 Å². The van der Waals surface area contributed by atoms with Crippen LogP contribution in [-0.2, 0) is 4.79 Å². The minimum absolute atomic E-state index is 0.0460. The Labute approximate surface area is 98.0 Å². The molecular formula is C12H24N2O2. The fraction of sp³-hybridized carbons (Fsp3) is 0.917. The maximum atomic E-state index is 10.8. The first-order chi connectivity index (χ1) is 7.50. The average Bonchev–Trinajstić information content (AvgIpc) is 2.24. The van der Waals surface area contributed by atoms with Crippen molar-refractivity contribution in [3.8, 4) is 0 Å². The predicted molar refractivity (Wildman–Crippen MR) is 64.5 cm³/mol. The molecule has 3 unspecified atom stereocenters. The van der Waals surface area contributed by atoms with Crippen molar-refractivity contribution < 1.29 is 9.90 Å². The van der Waals surface area contributed by atoms with E-state index in [9.17, 15) is 4.79 Å². The van der Waals surface area contributed by atoms with E-state index < -0.39 is 5.97 Å². The zero-order valence-electron chi connectivity index (χ0n) is 10.6. The molecule has 3 atom stereocenters. The number of nitrogens with zero attached hydrogens (tertiary/aromatic N) is 1. The number of aliphatic carboxylic acids is 1. The monoisotopic (exact) mass is 228 g/mol. The molecule has 1 heterocycles. The van der Waals surface area contributed by atoms with Gasteiger partial charge in [0.2, 0.25) is 0 Å². The van der Waals surface area contributed by atoms with Crippen LogP contribution in [0.4, 0.5) is 0 Å². The van der Waals surface area contributed by atoms with Crippen LogP contribution >= 0.6 is 0 Å². The lowest BCUT2D eigenvalue weighted by Gasteiger charge is -2.31. The molecule has 0 bridgehead atoms. The van der Waals surface area contributed by atoms with Gasteiger partial charge in [0.05, 0.1) is 5.92 Å². The second kappa shape index (κ2) is 6.21. The lowest BCUT2D eigenvalue weighted by Crippen LogP contribution is -2.42. The molecule has 4 nitrogen and oxygen atoms in total. The van der Waals surface area contributed by atoms with Crippen molar-refractivity contribution in [3.63, 3.8) is 0 Å². The van der Waals surface area contributed by atoms with Crippen LogP contribution in [0, 0.1) is 11.8 Å². The second-order valence-corrected chi connectivity index (χ2v) is 5.09. The van der Waals surface area contributed by atoms with Crippen LogP contribution in [0.1, 0.15) is 26.7 Å². The molecule has 1 aliphatic heterocycles. The van der Waals surface area contributed by atoms with Gasteiger partial charge in [0.15, 0.2) is 0 Å². The van der Waals surface area contributed by atoms with E-state index in [-0.39, 0.29) is 12.0 Å². The van der Waals surface area contributed by atoms with Crippen molar-refractivity contribution in [3.05, 3.63) is 0 Å². The third-order valence-electron chi connectivity index (χ3n) is 3.59. The van der Waals surface area contributed by atoms with E-state index in [1.165, 1.54) is 19.4 Å². The first-order valence-corrected chi connectivity index (χ1v) is 6.15. The number of likely N-dealkylation sites (tertiary alicyclic amines) is 1. The Bertz CT molecular complexity index is 233. The van der Waals surface area contributed by atoms with E-state index in [0.29, 0.717) is 5.92 Å². The number of carboxylic acid groups (broad SMARTS) is 1. The van der Waals surface area contributed by atoms with E-state index in [1.807, 2.05) is 6.92 Å². The molecule has 0 spiro atoms. The molecule has 1 fully saturated rings. The van der Waals surface area contributed by atoms with Gasteiger partial charge < -0.3 is 15.3 Å². The number of hydrogen-bond donors (Lipinski definition) is 2. The fourth-order valence-corrected chi connectivity index (χ4v) is 2.18. The largest absolute Gasteiger partial charge is 0.481 e. The highest BCUT2D eigenvalue weighted by Gasteiger charge is 2.21. The van der Waals surface area contributed by atoms with Gasteiger partial charge in [0.25, 0.3) is 0 Å². The standard InChI is InChI=1S/C12H24N2O2/c1-9(12(15)16)10(2)13-7-11-5-4-6-14(3)8-11/h9-11,13H,4-8H2,1-3H3,(H,15,16). The van der Waals surface area contributed by atoms with Crippen LogP contribution in [0.5, 0.6) is 0 Å². The highest BCUT2D eigenvalue weighted by Crippen LogP contribution is 2.14. The minimum Gasteiger partial charge on any atom is -0.481 e. The van der Waals surface area contributed by atoms with Gasteiger partial charge in [-0.1, -0.05) is 6.92 Å². The van der Waals surface area contributed by atoms with E-state index >= 15 is 0 Å². The van der Waals surface area contributed by atoms with Crippen molar-refractivity contribution in [2.45, 2.75) is 32.7 Å². The van der Waals surface area contributed by atoms with Crippen molar-refractivity contribution in [2.75, 3.05) is 26.7 Å². The third-order valence-corrected chi connectivity index (χ3v) is 3.59. The molecule has 0 aromatic rings. The van der Waals surface area contributed by atoms with Crippen molar-refractivity contribution >= 4 is 5.97 Å². The minimum atomic E-state index is -0.722. The zero-order valence-corrected chi connectivity index (χ0v) is 10.6. The highest BCUT2D eigenvalue weighted by molar-refractivity contribution is 5.70. The van der Waals surface area contributed by atoms with Crippen LogP contribution in [0.3, 0.4) is 0 Å². The first-order valence-electron chi connectivity index (χ1n) is 6.15. The number of carbonyl (C=O) groups is 1. The van der Waals surface area contributed by atoms with Gasteiger partial charge in [0.1, 0.15) is 0 Å². The Kier molecular flexibility index (Phi) is 5.22. The molecule has 0 aromatic heterocycles.